The Kier molecular flexibility index (Phi) is 6.05. The largest absolute Gasteiger partial charge is 0.380 e. The van der Waals surface area contributed by atoms with Crippen LogP contribution in [0.25, 0.3) is 0 Å². The smallest absolute Gasteiger partial charge is 0.285 e. The van der Waals surface area contributed by atoms with Gasteiger partial charge in [0.15, 0.2) is 0 Å². The van der Waals surface area contributed by atoms with Crippen molar-refractivity contribution >= 4 is 0 Å². The van der Waals surface area contributed by atoms with Crippen molar-refractivity contribution in [2.75, 3.05) is 33.0 Å². The van der Waals surface area contributed by atoms with Crippen LogP contribution in [-0.4, -0.2) is 39.0 Å². The van der Waals surface area contributed by atoms with Crippen LogP contribution in [0.2, 0.25) is 0 Å². The zero-order chi connectivity index (χ0) is 13.6. The highest BCUT2D eigenvalue weighted by Crippen LogP contribution is 2.39. The Bertz CT molecular complexity index is 221. The molecule has 4 nitrogen and oxygen atoms in total. The van der Waals surface area contributed by atoms with Gasteiger partial charge in [-0.2, -0.15) is 0 Å². The van der Waals surface area contributed by atoms with Crippen molar-refractivity contribution in [1.29, 1.82) is 0 Å². The van der Waals surface area contributed by atoms with Gasteiger partial charge in [0.05, 0.1) is 13.2 Å². The monoisotopic (exact) mass is 260 g/mol. The fraction of sp³-hybridized carbons (Fsp3) is 1.00. The van der Waals surface area contributed by atoms with E-state index in [2.05, 4.69) is 13.8 Å². The summed E-state index contributed by atoms with van der Waals surface area (Å²) in [6, 6.07) is 0. The molecule has 1 heterocycles. The van der Waals surface area contributed by atoms with E-state index in [0.29, 0.717) is 19.8 Å². The summed E-state index contributed by atoms with van der Waals surface area (Å²) in [4.78, 5) is 0. The molecule has 1 aliphatic heterocycles. The molecule has 1 atom stereocenters. The summed E-state index contributed by atoms with van der Waals surface area (Å²) in [5.41, 5.74) is 0.232. The van der Waals surface area contributed by atoms with Gasteiger partial charge < -0.3 is 18.9 Å². The lowest BCUT2D eigenvalue weighted by molar-refractivity contribution is -0.403. The van der Waals surface area contributed by atoms with Crippen LogP contribution in [0.4, 0.5) is 0 Å². The molecular formula is C14H28O4. The summed E-state index contributed by atoms with van der Waals surface area (Å²) in [7, 11) is 0. The molecule has 1 unspecified atom stereocenters. The maximum absolute atomic E-state index is 5.80. The van der Waals surface area contributed by atoms with Crippen LogP contribution in [0.5, 0.6) is 0 Å². The summed E-state index contributed by atoms with van der Waals surface area (Å²) in [6.45, 7) is 13.6. The zero-order valence-electron chi connectivity index (χ0n) is 12.5. The van der Waals surface area contributed by atoms with E-state index in [-0.39, 0.29) is 11.3 Å². The highest BCUT2D eigenvalue weighted by Gasteiger charge is 2.45. The summed E-state index contributed by atoms with van der Waals surface area (Å²) in [5.74, 6) is -0.733. The maximum atomic E-state index is 5.80. The molecule has 4 heteroatoms. The van der Waals surface area contributed by atoms with Crippen LogP contribution < -0.4 is 0 Å². The van der Waals surface area contributed by atoms with Crippen LogP contribution in [0.15, 0.2) is 0 Å². The maximum Gasteiger partial charge on any atom is 0.285 e. The third-order valence-electron chi connectivity index (χ3n) is 3.34. The highest BCUT2D eigenvalue weighted by molar-refractivity contribution is 4.85. The van der Waals surface area contributed by atoms with E-state index in [9.17, 15) is 0 Å². The molecule has 0 amide bonds. The Balaban J connectivity index is 2.71. The molecule has 1 fully saturated rings. The third-order valence-corrected chi connectivity index (χ3v) is 3.34. The van der Waals surface area contributed by atoms with Gasteiger partial charge in [-0.3, -0.25) is 0 Å². The lowest BCUT2D eigenvalue weighted by atomic mass is 9.79. The minimum absolute atomic E-state index is 0.172. The van der Waals surface area contributed by atoms with Gasteiger partial charge in [0.25, 0.3) is 5.97 Å². The molecule has 0 bridgehead atoms. The second-order valence-corrected chi connectivity index (χ2v) is 5.31. The first-order chi connectivity index (χ1) is 8.52. The Morgan fingerprint density at radius 1 is 1.06 bits per heavy atom. The number of ether oxygens (including phenoxy) is 4. The molecule has 0 aliphatic carbocycles. The van der Waals surface area contributed by atoms with E-state index in [1.165, 1.54) is 0 Å². The normalized spacial score (nSPS) is 20.5. The van der Waals surface area contributed by atoms with Gasteiger partial charge in [-0.1, -0.05) is 13.8 Å². The van der Waals surface area contributed by atoms with Crippen molar-refractivity contribution in [2.45, 2.75) is 47.0 Å². The van der Waals surface area contributed by atoms with Crippen molar-refractivity contribution in [3.63, 3.8) is 0 Å². The predicted molar refractivity (Wildman–Crippen MR) is 70.3 cm³/mol. The number of hydrogen-bond acceptors (Lipinski definition) is 4. The van der Waals surface area contributed by atoms with Gasteiger partial charge in [0, 0.05) is 31.2 Å². The molecule has 1 aliphatic rings. The molecule has 0 radical (unpaired) electrons. The van der Waals surface area contributed by atoms with Crippen LogP contribution in [-0.2, 0) is 18.9 Å². The molecule has 0 aromatic carbocycles. The van der Waals surface area contributed by atoms with Gasteiger partial charge in [0.1, 0.15) is 0 Å². The topological polar surface area (TPSA) is 36.9 Å². The van der Waals surface area contributed by atoms with E-state index in [0.717, 1.165) is 19.6 Å². The van der Waals surface area contributed by atoms with Crippen LogP contribution in [0.3, 0.4) is 0 Å². The molecule has 0 saturated carbocycles. The second kappa shape index (κ2) is 6.85. The fourth-order valence-electron chi connectivity index (χ4n) is 2.59. The molecule has 1 saturated heterocycles. The first-order valence-corrected chi connectivity index (χ1v) is 7.01. The molecule has 108 valence electrons. The van der Waals surface area contributed by atoms with Crippen LogP contribution in [0, 0.1) is 11.3 Å². The molecule has 0 aromatic heterocycles. The summed E-state index contributed by atoms with van der Waals surface area (Å²) < 4.78 is 22.7. The Morgan fingerprint density at radius 3 is 1.78 bits per heavy atom. The lowest BCUT2D eigenvalue weighted by Crippen LogP contribution is -2.50. The molecule has 18 heavy (non-hydrogen) atoms. The van der Waals surface area contributed by atoms with Crippen molar-refractivity contribution in [2.24, 2.45) is 11.3 Å². The summed E-state index contributed by atoms with van der Waals surface area (Å²) in [6.07, 6.45) is 0.979. The third kappa shape index (κ3) is 3.67. The lowest BCUT2D eigenvalue weighted by Gasteiger charge is -2.44. The van der Waals surface area contributed by atoms with E-state index in [1.54, 1.807) is 0 Å². The quantitative estimate of drug-likeness (QED) is 0.597. The first-order valence-electron chi connectivity index (χ1n) is 7.01. The van der Waals surface area contributed by atoms with Crippen LogP contribution >= 0.6 is 0 Å². The predicted octanol–water partition coefficient (Wildman–Crippen LogP) is 2.81. The second-order valence-electron chi connectivity index (χ2n) is 5.31. The van der Waals surface area contributed by atoms with Gasteiger partial charge in [-0.25, -0.2) is 0 Å². The number of hydrogen-bond donors (Lipinski definition) is 0. The molecular weight excluding hydrogens is 232 g/mol. The summed E-state index contributed by atoms with van der Waals surface area (Å²) >= 11 is 0. The van der Waals surface area contributed by atoms with Crippen LogP contribution in [0.1, 0.15) is 41.0 Å². The van der Waals surface area contributed by atoms with Crippen molar-refractivity contribution < 1.29 is 18.9 Å². The van der Waals surface area contributed by atoms with E-state index in [1.807, 2.05) is 20.8 Å². The molecule has 0 aromatic rings. The first kappa shape index (κ1) is 15.9. The van der Waals surface area contributed by atoms with Gasteiger partial charge in [-0.15, -0.1) is 0 Å². The van der Waals surface area contributed by atoms with Gasteiger partial charge in [-0.05, 0) is 27.2 Å². The Hall–Kier alpha value is -0.160. The molecule has 0 N–H and O–H groups in total. The molecule has 0 spiro atoms. The van der Waals surface area contributed by atoms with Gasteiger partial charge in [0.2, 0.25) is 0 Å². The highest BCUT2D eigenvalue weighted by atomic mass is 16.9. The minimum atomic E-state index is -0.906. The Labute approximate surface area is 111 Å². The standard InChI is InChI=1S/C14H28O4/c1-6-16-14(17-7-2,18-8-3)12(4)9-13(5)10-15-11-13/h12H,6-11H2,1-5H3. The van der Waals surface area contributed by atoms with Crippen molar-refractivity contribution in [3.8, 4) is 0 Å². The van der Waals surface area contributed by atoms with Crippen molar-refractivity contribution in [3.05, 3.63) is 0 Å². The van der Waals surface area contributed by atoms with E-state index in [4.69, 9.17) is 18.9 Å². The van der Waals surface area contributed by atoms with E-state index >= 15 is 0 Å². The summed E-state index contributed by atoms with van der Waals surface area (Å²) in [5, 5.41) is 0. The van der Waals surface area contributed by atoms with Crippen molar-refractivity contribution in [1.82, 2.24) is 0 Å². The zero-order valence-corrected chi connectivity index (χ0v) is 12.5. The molecule has 1 rings (SSSR count). The minimum Gasteiger partial charge on any atom is -0.380 e. The van der Waals surface area contributed by atoms with Gasteiger partial charge >= 0.3 is 0 Å². The number of rotatable bonds is 9. The van der Waals surface area contributed by atoms with E-state index < -0.39 is 5.97 Å². The average molecular weight is 260 g/mol. The average Bonchev–Trinajstić information content (AvgIpc) is 2.27. The SMILES string of the molecule is CCOC(OCC)(OCC)C(C)CC1(C)COC1. The fourth-order valence-corrected chi connectivity index (χ4v) is 2.59. The Morgan fingerprint density at radius 2 is 1.50 bits per heavy atom.